The van der Waals surface area contributed by atoms with E-state index in [2.05, 4.69) is 20.3 Å². The van der Waals surface area contributed by atoms with Gasteiger partial charge in [-0.15, -0.1) is 0 Å². The van der Waals surface area contributed by atoms with Gasteiger partial charge in [0.25, 0.3) is 5.56 Å². The van der Waals surface area contributed by atoms with Crippen molar-refractivity contribution < 1.29 is 14.6 Å². The summed E-state index contributed by atoms with van der Waals surface area (Å²) in [5.74, 6) is -0.395. The number of imidazole rings is 1. The highest BCUT2D eigenvalue weighted by Crippen LogP contribution is 2.38. The number of aliphatic hydroxyl groups is 1. The molecule has 0 spiro atoms. The lowest BCUT2D eigenvalue weighted by Gasteiger charge is -2.30. The highest BCUT2D eigenvalue weighted by molar-refractivity contribution is 5.91. The molecular weight excluding hydrogens is 326 g/mol. The van der Waals surface area contributed by atoms with Crippen molar-refractivity contribution in [1.29, 1.82) is 0 Å². The second-order valence-electron chi connectivity index (χ2n) is 6.61. The molecule has 0 radical (unpaired) electrons. The van der Waals surface area contributed by atoms with Crippen LogP contribution in [-0.4, -0.2) is 43.2 Å². The minimum atomic E-state index is -0.706. The number of aromatic amines is 1. The Morgan fingerprint density at radius 1 is 1.60 bits per heavy atom. The molecule has 9 nitrogen and oxygen atoms in total. The van der Waals surface area contributed by atoms with Crippen molar-refractivity contribution in [2.24, 2.45) is 5.92 Å². The molecule has 3 rings (SSSR count). The summed E-state index contributed by atoms with van der Waals surface area (Å²) < 4.78 is 7.77. The predicted octanol–water partition coefficient (Wildman–Crippen LogP) is 0.948. The maximum atomic E-state index is 12.3. The van der Waals surface area contributed by atoms with Gasteiger partial charge in [0, 0.05) is 5.92 Å². The number of hydrogen-bond donors (Lipinski definition) is 3. The molecule has 136 valence electrons. The van der Waals surface area contributed by atoms with Gasteiger partial charge in [-0.05, 0) is 19.3 Å². The second-order valence-corrected chi connectivity index (χ2v) is 6.61. The van der Waals surface area contributed by atoms with Crippen molar-refractivity contribution >= 4 is 23.0 Å². The summed E-state index contributed by atoms with van der Waals surface area (Å²) in [6, 6.07) is 0. The molecule has 2 aromatic rings. The van der Waals surface area contributed by atoms with Gasteiger partial charge in [-0.2, -0.15) is 4.98 Å². The van der Waals surface area contributed by atoms with E-state index in [9.17, 15) is 14.7 Å². The third-order valence-corrected chi connectivity index (χ3v) is 4.61. The van der Waals surface area contributed by atoms with Gasteiger partial charge in [-0.3, -0.25) is 24.5 Å². The summed E-state index contributed by atoms with van der Waals surface area (Å²) in [4.78, 5) is 35.3. The van der Waals surface area contributed by atoms with Crippen LogP contribution in [0.2, 0.25) is 0 Å². The molecule has 1 aliphatic heterocycles. The first kappa shape index (κ1) is 17.6. The lowest BCUT2D eigenvalue weighted by Crippen LogP contribution is -2.34. The van der Waals surface area contributed by atoms with E-state index in [0.29, 0.717) is 24.9 Å². The molecule has 0 aromatic carbocycles. The smallest absolute Gasteiger partial charge is 0.280 e. The molecule has 1 fully saturated rings. The van der Waals surface area contributed by atoms with E-state index >= 15 is 0 Å². The Kier molecular flexibility index (Phi) is 4.61. The third-order valence-electron chi connectivity index (χ3n) is 4.61. The van der Waals surface area contributed by atoms with Crippen LogP contribution in [-0.2, 0) is 15.3 Å². The zero-order chi connectivity index (χ0) is 18.2. The number of ether oxygens (including phenoxy) is 1. The fraction of sp³-hybridized carbons (Fsp3) is 0.625. The van der Waals surface area contributed by atoms with Crippen molar-refractivity contribution in [3.8, 4) is 0 Å². The Bertz CT molecular complexity index is 843. The van der Waals surface area contributed by atoms with Gasteiger partial charge in [0.1, 0.15) is 5.72 Å². The van der Waals surface area contributed by atoms with E-state index in [1.165, 1.54) is 6.33 Å². The van der Waals surface area contributed by atoms with Crippen LogP contribution in [0, 0.1) is 5.92 Å². The van der Waals surface area contributed by atoms with Crippen molar-refractivity contribution in [3.63, 3.8) is 0 Å². The number of H-pyrrole nitrogens is 1. The summed E-state index contributed by atoms with van der Waals surface area (Å²) in [7, 11) is 0. The summed E-state index contributed by atoms with van der Waals surface area (Å²) in [5, 5.41) is 12.0. The average Bonchev–Trinajstić information content (AvgIpc) is 3.19. The number of anilines is 1. The fourth-order valence-electron chi connectivity index (χ4n) is 3.08. The number of aliphatic hydroxyl groups excluding tert-OH is 1. The molecule has 2 atom stereocenters. The molecule has 3 N–H and O–H groups in total. The number of nitrogens with zero attached hydrogens (tertiary/aromatic N) is 3. The van der Waals surface area contributed by atoms with Crippen molar-refractivity contribution in [2.45, 2.75) is 51.9 Å². The zero-order valence-corrected chi connectivity index (χ0v) is 14.6. The Balaban J connectivity index is 2.06. The number of hydrogen-bond acceptors (Lipinski definition) is 6. The number of amides is 1. The van der Waals surface area contributed by atoms with E-state index in [1.807, 2.05) is 6.92 Å². The monoisotopic (exact) mass is 349 g/mol. The van der Waals surface area contributed by atoms with E-state index in [-0.39, 0.29) is 36.0 Å². The van der Waals surface area contributed by atoms with Crippen molar-refractivity contribution in [3.05, 3.63) is 16.7 Å². The predicted molar refractivity (Wildman–Crippen MR) is 91.1 cm³/mol. The van der Waals surface area contributed by atoms with Gasteiger partial charge < -0.3 is 9.84 Å². The van der Waals surface area contributed by atoms with E-state index in [0.717, 1.165) is 0 Å². The lowest BCUT2D eigenvalue weighted by atomic mass is 10.1. The minimum absolute atomic E-state index is 0.0575. The third kappa shape index (κ3) is 3.05. The van der Waals surface area contributed by atoms with Crippen LogP contribution in [0.25, 0.3) is 11.2 Å². The van der Waals surface area contributed by atoms with E-state index < -0.39 is 11.3 Å². The molecule has 25 heavy (non-hydrogen) atoms. The SMILES string of the molecule is CC[C@]1(n2cnc3c(=O)[nH]c(NC(=O)C(C)C)nc32)CCC(CO)O1. The van der Waals surface area contributed by atoms with Crippen molar-refractivity contribution in [1.82, 2.24) is 19.5 Å². The van der Waals surface area contributed by atoms with Gasteiger partial charge in [-0.25, -0.2) is 4.98 Å². The molecule has 2 aromatic heterocycles. The van der Waals surface area contributed by atoms with Crippen LogP contribution in [0.4, 0.5) is 5.95 Å². The molecule has 1 saturated heterocycles. The first-order chi connectivity index (χ1) is 11.9. The van der Waals surface area contributed by atoms with Crippen LogP contribution in [0.1, 0.15) is 40.0 Å². The van der Waals surface area contributed by atoms with E-state index in [4.69, 9.17) is 4.74 Å². The number of fused-ring (bicyclic) bond motifs is 1. The summed E-state index contributed by atoms with van der Waals surface area (Å²) >= 11 is 0. The Morgan fingerprint density at radius 2 is 2.36 bits per heavy atom. The first-order valence-electron chi connectivity index (χ1n) is 8.47. The Morgan fingerprint density at radius 3 is 2.96 bits per heavy atom. The van der Waals surface area contributed by atoms with Crippen LogP contribution in [0.15, 0.2) is 11.1 Å². The van der Waals surface area contributed by atoms with E-state index in [1.54, 1.807) is 18.4 Å². The zero-order valence-electron chi connectivity index (χ0n) is 14.6. The summed E-state index contributed by atoms with van der Waals surface area (Å²) in [6.07, 6.45) is 3.31. The molecule has 1 unspecified atom stereocenters. The number of nitrogens with one attached hydrogen (secondary N) is 2. The fourth-order valence-corrected chi connectivity index (χ4v) is 3.08. The van der Waals surface area contributed by atoms with Crippen molar-refractivity contribution in [2.75, 3.05) is 11.9 Å². The molecule has 0 bridgehead atoms. The first-order valence-corrected chi connectivity index (χ1v) is 8.47. The maximum Gasteiger partial charge on any atom is 0.280 e. The summed E-state index contributed by atoms with van der Waals surface area (Å²) in [5.41, 5.74) is -0.595. The topological polar surface area (TPSA) is 122 Å². The molecule has 0 aliphatic carbocycles. The molecule has 0 saturated carbocycles. The highest BCUT2D eigenvalue weighted by atomic mass is 16.5. The van der Waals surface area contributed by atoms with Crippen LogP contribution in [0.5, 0.6) is 0 Å². The maximum absolute atomic E-state index is 12.3. The summed E-state index contributed by atoms with van der Waals surface area (Å²) in [6.45, 7) is 5.42. The van der Waals surface area contributed by atoms with Crippen LogP contribution < -0.4 is 10.9 Å². The largest absolute Gasteiger partial charge is 0.394 e. The van der Waals surface area contributed by atoms with Crippen LogP contribution in [0.3, 0.4) is 0 Å². The van der Waals surface area contributed by atoms with Gasteiger partial charge >= 0.3 is 0 Å². The normalized spacial score (nSPS) is 23.5. The molecular formula is C16H23N5O4. The molecule has 3 heterocycles. The standard InChI is InChI=1S/C16H23N5O4/c1-4-16(6-5-10(7-22)25-16)21-8-17-11-12(21)18-15(20-14(11)24)19-13(23)9(2)3/h8-10,22H,4-7H2,1-3H3,(H2,18,19,20,23,24)/t10?,16-/m1/s1. The number of rotatable bonds is 5. The molecule has 1 amide bonds. The Labute approximate surface area is 144 Å². The molecule has 1 aliphatic rings. The number of carbonyl (C=O) groups excluding carboxylic acids is 1. The highest BCUT2D eigenvalue weighted by Gasteiger charge is 2.41. The second kappa shape index (κ2) is 6.57. The van der Waals surface area contributed by atoms with Gasteiger partial charge in [-0.1, -0.05) is 20.8 Å². The van der Waals surface area contributed by atoms with Gasteiger partial charge in [0.2, 0.25) is 11.9 Å². The minimum Gasteiger partial charge on any atom is -0.394 e. The Hall–Kier alpha value is -2.26. The number of carbonyl (C=O) groups is 1. The average molecular weight is 349 g/mol. The molecule has 9 heteroatoms. The van der Waals surface area contributed by atoms with Gasteiger partial charge in [0.15, 0.2) is 11.2 Å². The van der Waals surface area contributed by atoms with Crippen LogP contribution >= 0.6 is 0 Å². The lowest BCUT2D eigenvalue weighted by molar-refractivity contribution is -0.118. The number of aromatic nitrogens is 4. The quantitative estimate of drug-likeness (QED) is 0.739. The van der Waals surface area contributed by atoms with Gasteiger partial charge in [0.05, 0.1) is 19.0 Å².